The third-order valence-corrected chi connectivity index (χ3v) is 10.7. The number of rotatable bonds is 6. The Morgan fingerprint density at radius 2 is 1.80 bits per heavy atom. The summed E-state index contributed by atoms with van der Waals surface area (Å²) in [6.07, 6.45) is 15.4. The first kappa shape index (κ1) is 22.8. The zero-order valence-electron chi connectivity index (χ0n) is 20.5. The molecule has 3 saturated carbocycles. The van der Waals surface area contributed by atoms with Gasteiger partial charge in [-0.2, -0.15) is 0 Å². The summed E-state index contributed by atoms with van der Waals surface area (Å²) in [4.78, 5) is 0. The number of aliphatic hydroxyl groups excluding tert-OH is 1. The summed E-state index contributed by atoms with van der Waals surface area (Å²) >= 11 is 0. The smallest absolute Gasteiger partial charge is 0.0577 e. The standard InChI is InChI=1S/C28H49NO/c1-18(2)7-6-8-19(3)23-9-10-24-26-20(17-29)15-21-16-22(30)11-13-27(21,4)25(26)12-14-28(23,24)5/h15,18-20,22-26,30H,6-14,16-17,29H2,1-5H3/t19-,20?,22+,23-,24+,25+,26+,27+,28-/m1/s1. The van der Waals surface area contributed by atoms with Crippen LogP contribution in [0.1, 0.15) is 98.8 Å². The van der Waals surface area contributed by atoms with Crippen molar-refractivity contribution in [2.45, 2.75) is 105 Å². The summed E-state index contributed by atoms with van der Waals surface area (Å²) in [5, 5.41) is 10.3. The van der Waals surface area contributed by atoms with Gasteiger partial charge in [0.25, 0.3) is 0 Å². The average molecular weight is 416 g/mol. The van der Waals surface area contributed by atoms with E-state index in [0.717, 1.165) is 54.9 Å². The molecule has 4 aliphatic rings. The van der Waals surface area contributed by atoms with Crippen molar-refractivity contribution in [1.82, 2.24) is 0 Å². The topological polar surface area (TPSA) is 46.2 Å². The van der Waals surface area contributed by atoms with Gasteiger partial charge in [-0.1, -0.05) is 65.5 Å². The molecule has 3 N–H and O–H groups in total. The van der Waals surface area contributed by atoms with Crippen molar-refractivity contribution in [2.75, 3.05) is 6.54 Å². The molecule has 30 heavy (non-hydrogen) atoms. The van der Waals surface area contributed by atoms with Crippen LogP contribution in [0.2, 0.25) is 0 Å². The van der Waals surface area contributed by atoms with Gasteiger partial charge < -0.3 is 10.8 Å². The average Bonchev–Trinajstić information content (AvgIpc) is 3.05. The molecule has 4 aliphatic carbocycles. The first-order valence-electron chi connectivity index (χ1n) is 13.3. The van der Waals surface area contributed by atoms with E-state index < -0.39 is 0 Å². The largest absolute Gasteiger partial charge is 0.393 e. The minimum atomic E-state index is -0.129. The maximum Gasteiger partial charge on any atom is 0.0577 e. The lowest BCUT2D eigenvalue weighted by molar-refractivity contribution is -0.0744. The van der Waals surface area contributed by atoms with E-state index >= 15 is 0 Å². The Morgan fingerprint density at radius 1 is 1.03 bits per heavy atom. The summed E-state index contributed by atoms with van der Waals surface area (Å²) in [6.45, 7) is 13.3. The van der Waals surface area contributed by atoms with E-state index in [1.54, 1.807) is 5.57 Å². The number of aliphatic hydroxyl groups is 1. The first-order chi connectivity index (χ1) is 14.2. The fraction of sp³-hybridized carbons (Fsp3) is 0.929. The molecule has 2 heteroatoms. The molecule has 172 valence electrons. The molecule has 1 unspecified atom stereocenters. The Labute approximate surface area is 186 Å². The molecule has 0 heterocycles. The zero-order chi connectivity index (χ0) is 21.7. The van der Waals surface area contributed by atoms with Crippen LogP contribution >= 0.6 is 0 Å². The van der Waals surface area contributed by atoms with Gasteiger partial charge in [0.15, 0.2) is 0 Å². The molecule has 0 bridgehead atoms. The van der Waals surface area contributed by atoms with E-state index in [-0.39, 0.29) is 6.10 Å². The zero-order valence-corrected chi connectivity index (χ0v) is 20.5. The molecule has 4 rings (SSSR count). The molecule has 9 atom stereocenters. The Bertz CT molecular complexity index is 641. The summed E-state index contributed by atoms with van der Waals surface area (Å²) in [6, 6.07) is 0. The Balaban J connectivity index is 1.56. The minimum absolute atomic E-state index is 0.129. The third-order valence-electron chi connectivity index (χ3n) is 10.7. The highest BCUT2D eigenvalue weighted by atomic mass is 16.3. The van der Waals surface area contributed by atoms with Crippen molar-refractivity contribution in [2.24, 2.45) is 58.0 Å². The van der Waals surface area contributed by atoms with Crippen LogP contribution in [-0.2, 0) is 0 Å². The van der Waals surface area contributed by atoms with Crippen molar-refractivity contribution in [1.29, 1.82) is 0 Å². The molecule has 0 aliphatic heterocycles. The first-order valence-corrected chi connectivity index (χ1v) is 13.3. The number of hydrogen-bond donors (Lipinski definition) is 2. The lowest BCUT2D eigenvalue weighted by atomic mass is 9.45. The van der Waals surface area contributed by atoms with Crippen LogP contribution in [-0.4, -0.2) is 17.8 Å². The predicted octanol–water partition coefficient (Wildman–Crippen LogP) is 6.57. The maximum atomic E-state index is 10.3. The second-order valence-corrected chi connectivity index (χ2v) is 12.7. The van der Waals surface area contributed by atoms with Crippen LogP contribution in [0.15, 0.2) is 11.6 Å². The Hall–Kier alpha value is -0.340. The molecular formula is C28H49NO. The lowest BCUT2D eigenvalue weighted by Crippen LogP contribution is -2.54. The van der Waals surface area contributed by atoms with Gasteiger partial charge in [0.1, 0.15) is 0 Å². The van der Waals surface area contributed by atoms with Crippen molar-refractivity contribution in [3.05, 3.63) is 11.6 Å². The van der Waals surface area contributed by atoms with Gasteiger partial charge in [-0.05, 0) is 104 Å². The molecule has 2 nitrogen and oxygen atoms in total. The van der Waals surface area contributed by atoms with Crippen molar-refractivity contribution >= 4 is 0 Å². The predicted molar refractivity (Wildman–Crippen MR) is 127 cm³/mol. The molecule has 0 radical (unpaired) electrons. The number of hydrogen-bond acceptors (Lipinski definition) is 2. The van der Waals surface area contributed by atoms with Crippen molar-refractivity contribution in [3.8, 4) is 0 Å². The summed E-state index contributed by atoms with van der Waals surface area (Å²) in [7, 11) is 0. The Kier molecular flexibility index (Phi) is 6.50. The van der Waals surface area contributed by atoms with Crippen LogP contribution in [0.5, 0.6) is 0 Å². The molecule has 3 fully saturated rings. The number of fused-ring (bicyclic) bond motifs is 5. The highest BCUT2D eigenvalue weighted by Crippen LogP contribution is 2.68. The molecule has 0 saturated heterocycles. The SMILES string of the molecule is CC(C)CCC[C@@H](C)[C@H]1CC[C@H]2[C@@H]3C(CN)C=C4C[C@@H](O)CC[C@]4(C)[C@H]3CC[C@]12C. The minimum Gasteiger partial charge on any atom is -0.393 e. The normalized spacial score (nSPS) is 46.7. The van der Waals surface area contributed by atoms with Gasteiger partial charge in [0.2, 0.25) is 0 Å². The fourth-order valence-corrected chi connectivity index (χ4v) is 9.05. The van der Waals surface area contributed by atoms with Crippen LogP contribution < -0.4 is 5.73 Å². The highest BCUT2D eigenvalue weighted by molar-refractivity contribution is 5.27. The van der Waals surface area contributed by atoms with Gasteiger partial charge >= 0.3 is 0 Å². The molecule has 0 spiro atoms. The van der Waals surface area contributed by atoms with Crippen LogP contribution in [0.4, 0.5) is 0 Å². The van der Waals surface area contributed by atoms with E-state index in [1.165, 1.54) is 51.4 Å². The van der Waals surface area contributed by atoms with Crippen LogP contribution in [0.3, 0.4) is 0 Å². The van der Waals surface area contributed by atoms with Gasteiger partial charge in [-0.25, -0.2) is 0 Å². The maximum absolute atomic E-state index is 10.3. The summed E-state index contributed by atoms with van der Waals surface area (Å²) < 4.78 is 0. The van der Waals surface area contributed by atoms with Gasteiger partial charge in [0, 0.05) is 0 Å². The molecule has 0 aromatic heterocycles. The lowest BCUT2D eigenvalue weighted by Gasteiger charge is -2.60. The molecular weight excluding hydrogens is 366 g/mol. The molecule has 0 aromatic carbocycles. The fourth-order valence-electron chi connectivity index (χ4n) is 9.05. The monoisotopic (exact) mass is 415 g/mol. The van der Waals surface area contributed by atoms with E-state index in [4.69, 9.17) is 5.73 Å². The third kappa shape index (κ3) is 3.72. The van der Waals surface area contributed by atoms with Crippen LogP contribution in [0.25, 0.3) is 0 Å². The second-order valence-electron chi connectivity index (χ2n) is 12.7. The van der Waals surface area contributed by atoms with Gasteiger partial charge in [-0.15, -0.1) is 0 Å². The molecule has 0 aromatic rings. The van der Waals surface area contributed by atoms with E-state index in [1.807, 2.05) is 0 Å². The number of nitrogens with two attached hydrogens (primary N) is 1. The van der Waals surface area contributed by atoms with E-state index in [0.29, 0.717) is 16.7 Å². The van der Waals surface area contributed by atoms with E-state index in [9.17, 15) is 5.11 Å². The van der Waals surface area contributed by atoms with Crippen molar-refractivity contribution in [3.63, 3.8) is 0 Å². The quantitative estimate of drug-likeness (QED) is 0.482. The molecule has 0 amide bonds. The summed E-state index contributed by atoms with van der Waals surface area (Å²) in [5.74, 6) is 5.54. The van der Waals surface area contributed by atoms with Gasteiger partial charge in [0.05, 0.1) is 6.10 Å². The van der Waals surface area contributed by atoms with Crippen molar-refractivity contribution < 1.29 is 5.11 Å². The summed E-state index contributed by atoms with van der Waals surface area (Å²) in [5.41, 5.74) is 8.80. The highest BCUT2D eigenvalue weighted by Gasteiger charge is 2.60. The second kappa shape index (κ2) is 8.54. The van der Waals surface area contributed by atoms with Crippen LogP contribution in [0, 0.1) is 52.3 Å². The Morgan fingerprint density at radius 3 is 2.50 bits per heavy atom. The van der Waals surface area contributed by atoms with E-state index in [2.05, 4.69) is 40.7 Å². The van der Waals surface area contributed by atoms with Gasteiger partial charge in [-0.3, -0.25) is 0 Å².